The number of aryl methyl sites for hydroxylation is 1. The molecule has 0 aromatic heterocycles. The molecule has 104 valence electrons. The Kier molecular flexibility index (Phi) is 4.03. The molecule has 0 radical (unpaired) electrons. The highest BCUT2D eigenvalue weighted by Gasteiger charge is 2.04. The van der Waals surface area contributed by atoms with Crippen molar-refractivity contribution < 1.29 is 10.2 Å². The number of hydrogen-bond acceptors (Lipinski definition) is 4. The molecular formula is C16H18N2O2. The zero-order chi connectivity index (χ0) is 14.7. The summed E-state index contributed by atoms with van der Waals surface area (Å²) in [6, 6.07) is 10.1. The number of phenolic OH excluding ortho intramolecular Hbond substituents is 2. The maximum atomic E-state index is 9.63. The molecule has 0 fully saturated rings. The largest absolute Gasteiger partial charge is 0.508 e. The maximum Gasteiger partial charge on any atom is 0.146 e. The van der Waals surface area contributed by atoms with E-state index in [-0.39, 0.29) is 11.5 Å². The van der Waals surface area contributed by atoms with Gasteiger partial charge in [0.15, 0.2) is 0 Å². The number of hydrogen-bond donors (Lipinski definition) is 2. The summed E-state index contributed by atoms with van der Waals surface area (Å²) in [5.41, 5.74) is 3.52. The third-order valence-electron chi connectivity index (χ3n) is 3.11. The van der Waals surface area contributed by atoms with Gasteiger partial charge in [0.2, 0.25) is 0 Å². The third kappa shape index (κ3) is 3.15. The normalized spacial score (nSPS) is 11.4. The molecule has 0 bridgehead atoms. The topological polar surface area (TPSA) is 65.2 Å². The Morgan fingerprint density at radius 2 is 1.70 bits per heavy atom. The second-order valence-electron chi connectivity index (χ2n) is 5.07. The quantitative estimate of drug-likeness (QED) is 0.775. The van der Waals surface area contributed by atoms with Crippen molar-refractivity contribution in [2.24, 2.45) is 10.2 Å². The lowest BCUT2D eigenvalue weighted by atomic mass is 9.98. The van der Waals surface area contributed by atoms with Crippen molar-refractivity contribution in [1.29, 1.82) is 0 Å². The predicted octanol–water partition coefficient (Wildman–Crippen LogP) is 4.95. The minimum Gasteiger partial charge on any atom is -0.508 e. The lowest BCUT2D eigenvalue weighted by Crippen LogP contribution is -1.90. The van der Waals surface area contributed by atoms with E-state index in [4.69, 9.17) is 0 Å². The molecule has 0 saturated carbocycles. The van der Waals surface area contributed by atoms with Crippen LogP contribution in [0.2, 0.25) is 0 Å². The number of benzene rings is 2. The lowest BCUT2D eigenvalue weighted by molar-refractivity contribution is 0.451. The molecule has 0 heterocycles. The van der Waals surface area contributed by atoms with Crippen molar-refractivity contribution in [2.75, 3.05) is 0 Å². The maximum absolute atomic E-state index is 9.63. The molecule has 2 N–H and O–H groups in total. The molecule has 2 aromatic carbocycles. The van der Waals surface area contributed by atoms with Crippen molar-refractivity contribution in [3.05, 3.63) is 47.5 Å². The number of nitrogens with zero attached hydrogens (tertiary/aromatic N) is 2. The molecule has 2 rings (SSSR count). The van der Waals surface area contributed by atoms with E-state index in [1.807, 2.05) is 25.1 Å². The summed E-state index contributed by atoms with van der Waals surface area (Å²) in [5, 5.41) is 26.9. The SMILES string of the molecule is Cc1cc(N=Nc2ccc(O)cc2O)ccc1C(C)C. The van der Waals surface area contributed by atoms with E-state index in [0.717, 1.165) is 5.69 Å². The number of phenols is 2. The van der Waals surface area contributed by atoms with Crippen LogP contribution in [0.5, 0.6) is 11.5 Å². The van der Waals surface area contributed by atoms with Crippen molar-refractivity contribution in [3.63, 3.8) is 0 Å². The summed E-state index contributed by atoms with van der Waals surface area (Å²) >= 11 is 0. The Morgan fingerprint density at radius 1 is 0.950 bits per heavy atom. The number of rotatable bonds is 3. The molecule has 0 spiro atoms. The molecule has 0 aliphatic heterocycles. The van der Waals surface area contributed by atoms with Crippen LogP contribution in [0.4, 0.5) is 11.4 Å². The molecule has 0 amide bonds. The molecule has 2 aromatic rings. The van der Waals surface area contributed by atoms with Gasteiger partial charge in [-0.3, -0.25) is 0 Å². The van der Waals surface area contributed by atoms with Crippen LogP contribution < -0.4 is 0 Å². The molecule has 20 heavy (non-hydrogen) atoms. The fourth-order valence-electron chi connectivity index (χ4n) is 2.08. The predicted molar refractivity (Wildman–Crippen MR) is 79.2 cm³/mol. The lowest BCUT2D eigenvalue weighted by Gasteiger charge is -2.09. The van der Waals surface area contributed by atoms with Crippen LogP contribution in [0.25, 0.3) is 0 Å². The van der Waals surface area contributed by atoms with Crippen LogP contribution in [-0.4, -0.2) is 10.2 Å². The molecule has 0 aliphatic carbocycles. The van der Waals surface area contributed by atoms with Gasteiger partial charge in [-0.2, -0.15) is 5.11 Å². The first-order valence-corrected chi connectivity index (χ1v) is 6.51. The summed E-state index contributed by atoms with van der Waals surface area (Å²) in [7, 11) is 0. The Hall–Kier alpha value is -2.36. The van der Waals surface area contributed by atoms with Crippen LogP contribution in [-0.2, 0) is 0 Å². The van der Waals surface area contributed by atoms with Crippen molar-refractivity contribution >= 4 is 11.4 Å². The van der Waals surface area contributed by atoms with E-state index in [1.54, 1.807) is 0 Å². The van der Waals surface area contributed by atoms with E-state index in [1.165, 1.54) is 29.3 Å². The van der Waals surface area contributed by atoms with Gasteiger partial charge in [-0.25, -0.2) is 0 Å². The summed E-state index contributed by atoms with van der Waals surface area (Å²) in [6.45, 7) is 6.35. The average molecular weight is 270 g/mol. The van der Waals surface area contributed by atoms with Crippen molar-refractivity contribution in [3.8, 4) is 11.5 Å². The average Bonchev–Trinajstić information content (AvgIpc) is 2.37. The Labute approximate surface area is 118 Å². The van der Waals surface area contributed by atoms with Crippen LogP contribution in [0, 0.1) is 6.92 Å². The van der Waals surface area contributed by atoms with Gasteiger partial charge in [-0.05, 0) is 48.2 Å². The fourth-order valence-corrected chi connectivity index (χ4v) is 2.08. The zero-order valence-corrected chi connectivity index (χ0v) is 11.8. The number of aromatic hydroxyl groups is 2. The van der Waals surface area contributed by atoms with Crippen molar-refractivity contribution in [1.82, 2.24) is 0 Å². The summed E-state index contributed by atoms with van der Waals surface area (Å²) in [4.78, 5) is 0. The summed E-state index contributed by atoms with van der Waals surface area (Å²) in [6.07, 6.45) is 0. The van der Waals surface area contributed by atoms with E-state index < -0.39 is 0 Å². The van der Waals surface area contributed by atoms with Gasteiger partial charge >= 0.3 is 0 Å². The van der Waals surface area contributed by atoms with Gasteiger partial charge in [0.1, 0.15) is 17.2 Å². The van der Waals surface area contributed by atoms with Gasteiger partial charge in [0.25, 0.3) is 0 Å². The van der Waals surface area contributed by atoms with E-state index in [9.17, 15) is 10.2 Å². The van der Waals surface area contributed by atoms with Crippen LogP contribution in [0.15, 0.2) is 46.6 Å². The van der Waals surface area contributed by atoms with Gasteiger partial charge in [-0.15, -0.1) is 5.11 Å². The van der Waals surface area contributed by atoms with Crippen molar-refractivity contribution in [2.45, 2.75) is 26.7 Å². The standard InChI is InChI=1S/C16H18N2O2/c1-10(2)14-6-4-12(8-11(14)3)17-18-15-7-5-13(19)9-16(15)20/h4-10,19-20H,1-3H3. The van der Waals surface area contributed by atoms with Crippen LogP contribution in [0.3, 0.4) is 0 Å². The highest BCUT2D eigenvalue weighted by atomic mass is 16.3. The van der Waals surface area contributed by atoms with E-state index in [0.29, 0.717) is 11.6 Å². The smallest absolute Gasteiger partial charge is 0.146 e. The highest BCUT2D eigenvalue weighted by molar-refractivity contribution is 5.54. The minimum absolute atomic E-state index is 0.00131. The van der Waals surface area contributed by atoms with Gasteiger partial charge in [-0.1, -0.05) is 19.9 Å². The molecule has 4 nitrogen and oxygen atoms in total. The van der Waals surface area contributed by atoms with Gasteiger partial charge in [0.05, 0.1) is 5.69 Å². The monoisotopic (exact) mass is 270 g/mol. The van der Waals surface area contributed by atoms with Crippen LogP contribution >= 0.6 is 0 Å². The van der Waals surface area contributed by atoms with Crippen LogP contribution in [0.1, 0.15) is 30.9 Å². The second kappa shape index (κ2) is 5.74. The zero-order valence-electron chi connectivity index (χ0n) is 11.8. The first-order valence-electron chi connectivity index (χ1n) is 6.51. The second-order valence-corrected chi connectivity index (χ2v) is 5.07. The third-order valence-corrected chi connectivity index (χ3v) is 3.11. The first kappa shape index (κ1) is 14.1. The molecule has 0 unspecified atom stereocenters. The minimum atomic E-state index is -0.0933. The molecular weight excluding hydrogens is 252 g/mol. The molecule has 4 heteroatoms. The summed E-state index contributed by atoms with van der Waals surface area (Å²) in [5.74, 6) is 0.380. The first-order chi connectivity index (χ1) is 9.47. The summed E-state index contributed by atoms with van der Waals surface area (Å²) < 4.78 is 0. The molecule has 0 atom stereocenters. The van der Waals surface area contributed by atoms with Gasteiger partial charge < -0.3 is 10.2 Å². The Morgan fingerprint density at radius 3 is 2.30 bits per heavy atom. The molecule has 0 aliphatic rings. The molecule has 0 saturated heterocycles. The van der Waals surface area contributed by atoms with E-state index >= 15 is 0 Å². The van der Waals surface area contributed by atoms with E-state index in [2.05, 4.69) is 24.1 Å². The van der Waals surface area contributed by atoms with Gasteiger partial charge in [0, 0.05) is 6.07 Å². The highest BCUT2D eigenvalue weighted by Crippen LogP contribution is 2.31. The Balaban J connectivity index is 2.25. The number of azo groups is 1. The fraction of sp³-hybridized carbons (Fsp3) is 0.250. The Bertz CT molecular complexity index is 649.